The van der Waals surface area contributed by atoms with E-state index in [4.69, 9.17) is 9.84 Å². The highest BCUT2D eigenvalue weighted by atomic mass is 16.5. The molecule has 2 amide bonds. The summed E-state index contributed by atoms with van der Waals surface area (Å²) in [6.45, 7) is 5.00. The summed E-state index contributed by atoms with van der Waals surface area (Å²) < 4.78 is 5.84. The molecule has 0 spiro atoms. The molecule has 0 aromatic heterocycles. The van der Waals surface area contributed by atoms with Crippen molar-refractivity contribution in [3.8, 4) is 0 Å². The Labute approximate surface area is 113 Å². The van der Waals surface area contributed by atoms with Gasteiger partial charge in [0, 0.05) is 19.2 Å². The molecule has 1 aliphatic rings. The predicted molar refractivity (Wildman–Crippen MR) is 71.1 cm³/mol. The summed E-state index contributed by atoms with van der Waals surface area (Å²) in [5, 5.41) is 13.9. The summed E-state index contributed by atoms with van der Waals surface area (Å²) in [6.07, 6.45) is 3.42. The van der Waals surface area contributed by atoms with E-state index in [1.807, 2.05) is 0 Å². The number of rotatable bonds is 6. The Balaban J connectivity index is 2.35. The van der Waals surface area contributed by atoms with Crippen molar-refractivity contribution in [1.82, 2.24) is 10.6 Å². The first-order valence-electron chi connectivity index (χ1n) is 6.91. The molecule has 1 unspecified atom stereocenters. The molecule has 3 N–H and O–H groups in total. The Morgan fingerprint density at radius 2 is 2.05 bits per heavy atom. The number of ether oxygens (including phenoxy) is 1. The Morgan fingerprint density at radius 1 is 1.37 bits per heavy atom. The molecule has 0 radical (unpaired) electrons. The highest BCUT2D eigenvalue weighted by Crippen LogP contribution is 2.31. The molecule has 1 aliphatic heterocycles. The van der Waals surface area contributed by atoms with Crippen molar-refractivity contribution in [1.29, 1.82) is 0 Å². The smallest absolute Gasteiger partial charge is 0.315 e. The van der Waals surface area contributed by atoms with Crippen LogP contribution in [-0.2, 0) is 9.53 Å². The van der Waals surface area contributed by atoms with Crippen LogP contribution in [0.15, 0.2) is 0 Å². The van der Waals surface area contributed by atoms with E-state index in [0.29, 0.717) is 6.61 Å². The summed E-state index contributed by atoms with van der Waals surface area (Å²) >= 11 is 0. The van der Waals surface area contributed by atoms with Crippen molar-refractivity contribution < 1.29 is 19.4 Å². The van der Waals surface area contributed by atoms with E-state index < -0.39 is 5.97 Å². The minimum absolute atomic E-state index is 0.0605. The van der Waals surface area contributed by atoms with Crippen molar-refractivity contribution in [3.05, 3.63) is 0 Å². The Bertz CT molecular complexity index is 316. The van der Waals surface area contributed by atoms with Crippen molar-refractivity contribution in [2.75, 3.05) is 13.2 Å². The number of carboxylic acids is 1. The number of carboxylic acid groups (broad SMARTS) is 1. The van der Waals surface area contributed by atoms with Crippen LogP contribution in [0.5, 0.6) is 0 Å². The first-order valence-corrected chi connectivity index (χ1v) is 6.91. The number of urea groups is 1. The fourth-order valence-electron chi connectivity index (χ4n) is 2.41. The van der Waals surface area contributed by atoms with E-state index in [1.165, 1.54) is 0 Å². The van der Waals surface area contributed by atoms with Gasteiger partial charge in [-0.2, -0.15) is 0 Å². The quantitative estimate of drug-likeness (QED) is 0.683. The molecule has 1 atom stereocenters. The lowest BCUT2D eigenvalue weighted by atomic mass is 9.86. The molecule has 110 valence electrons. The van der Waals surface area contributed by atoms with Crippen molar-refractivity contribution >= 4 is 12.0 Å². The van der Waals surface area contributed by atoms with Crippen LogP contribution >= 0.6 is 0 Å². The number of aliphatic carboxylic acids is 1. The lowest BCUT2D eigenvalue weighted by Crippen LogP contribution is -2.50. The molecule has 1 rings (SSSR count). The highest BCUT2D eigenvalue weighted by Gasteiger charge is 2.34. The van der Waals surface area contributed by atoms with Gasteiger partial charge in [-0.1, -0.05) is 13.8 Å². The zero-order valence-corrected chi connectivity index (χ0v) is 11.7. The minimum Gasteiger partial charge on any atom is -0.481 e. The fourth-order valence-corrected chi connectivity index (χ4v) is 2.41. The second-order valence-corrected chi connectivity index (χ2v) is 4.97. The highest BCUT2D eigenvalue weighted by molar-refractivity contribution is 5.75. The monoisotopic (exact) mass is 272 g/mol. The van der Waals surface area contributed by atoms with E-state index in [9.17, 15) is 9.59 Å². The number of carbonyl (C=O) groups is 2. The molecule has 1 fully saturated rings. The second-order valence-electron chi connectivity index (χ2n) is 4.97. The maximum atomic E-state index is 11.6. The summed E-state index contributed by atoms with van der Waals surface area (Å²) in [6, 6.07) is -0.201. The molecule has 0 bridgehead atoms. The van der Waals surface area contributed by atoms with Crippen LogP contribution in [0.4, 0.5) is 4.79 Å². The third-order valence-electron chi connectivity index (χ3n) is 3.74. The molecule has 0 aliphatic carbocycles. The molecule has 0 aromatic rings. The summed E-state index contributed by atoms with van der Waals surface area (Å²) in [5.74, 6) is -0.914. The predicted octanol–water partition coefficient (Wildman–Crippen LogP) is 1.50. The van der Waals surface area contributed by atoms with Gasteiger partial charge in [0.25, 0.3) is 0 Å². The van der Waals surface area contributed by atoms with Gasteiger partial charge < -0.3 is 20.5 Å². The van der Waals surface area contributed by atoms with Gasteiger partial charge in [0.1, 0.15) is 0 Å². The van der Waals surface area contributed by atoms with Gasteiger partial charge in [-0.3, -0.25) is 4.79 Å². The van der Waals surface area contributed by atoms with E-state index in [1.54, 1.807) is 0 Å². The number of hydrogen-bond donors (Lipinski definition) is 3. The fraction of sp³-hybridized carbons (Fsp3) is 0.846. The summed E-state index contributed by atoms with van der Waals surface area (Å²) in [5.41, 5.74) is -0.128. The van der Waals surface area contributed by atoms with Crippen molar-refractivity contribution in [2.24, 2.45) is 0 Å². The van der Waals surface area contributed by atoms with E-state index in [2.05, 4.69) is 24.5 Å². The van der Waals surface area contributed by atoms with E-state index in [-0.39, 0.29) is 30.6 Å². The maximum absolute atomic E-state index is 11.6. The van der Waals surface area contributed by atoms with Crippen LogP contribution in [0.25, 0.3) is 0 Å². The third-order valence-corrected chi connectivity index (χ3v) is 3.74. The number of amides is 2. The maximum Gasteiger partial charge on any atom is 0.315 e. The first kappa shape index (κ1) is 15.8. The Kier molecular flexibility index (Phi) is 6.08. The molecule has 1 saturated heterocycles. The Hall–Kier alpha value is -1.30. The summed E-state index contributed by atoms with van der Waals surface area (Å²) in [4.78, 5) is 22.0. The normalized spacial score (nSPS) is 21.7. The molecule has 0 saturated carbocycles. The lowest BCUT2D eigenvalue weighted by Gasteiger charge is -2.40. The Morgan fingerprint density at radius 3 is 2.63 bits per heavy atom. The van der Waals surface area contributed by atoms with Crippen molar-refractivity contribution in [3.63, 3.8) is 0 Å². The van der Waals surface area contributed by atoms with Crippen LogP contribution in [0.3, 0.4) is 0 Å². The molecule has 19 heavy (non-hydrogen) atoms. The lowest BCUT2D eigenvalue weighted by molar-refractivity contribution is -0.136. The zero-order valence-electron chi connectivity index (χ0n) is 11.7. The van der Waals surface area contributed by atoms with Crippen molar-refractivity contribution in [2.45, 2.75) is 57.6 Å². The zero-order chi connectivity index (χ0) is 14.3. The molecule has 0 aromatic carbocycles. The van der Waals surface area contributed by atoms with Crippen LogP contribution in [0.1, 0.15) is 46.0 Å². The number of hydrogen-bond acceptors (Lipinski definition) is 3. The molecular weight excluding hydrogens is 248 g/mol. The summed E-state index contributed by atoms with van der Waals surface area (Å²) in [7, 11) is 0. The van der Waals surface area contributed by atoms with E-state index in [0.717, 1.165) is 25.7 Å². The molecule has 6 heteroatoms. The van der Waals surface area contributed by atoms with Crippen LogP contribution < -0.4 is 10.6 Å². The third kappa shape index (κ3) is 5.06. The molecule has 1 heterocycles. The average Bonchev–Trinajstić information content (AvgIpc) is 2.38. The van der Waals surface area contributed by atoms with Gasteiger partial charge in [0.15, 0.2) is 0 Å². The first-order chi connectivity index (χ1) is 9.01. The number of nitrogens with one attached hydrogen (secondary N) is 2. The SMILES string of the molecule is CCC1(CC)CC(NC(=O)NCCC(=O)O)CCO1. The molecule has 6 nitrogen and oxygen atoms in total. The van der Waals surface area contributed by atoms with Gasteiger partial charge in [0.2, 0.25) is 0 Å². The van der Waals surface area contributed by atoms with Gasteiger partial charge in [-0.15, -0.1) is 0 Å². The average molecular weight is 272 g/mol. The minimum atomic E-state index is -0.914. The topological polar surface area (TPSA) is 87.7 Å². The largest absolute Gasteiger partial charge is 0.481 e. The van der Waals surface area contributed by atoms with Gasteiger partial charge in [0.05, 0.1) is 12.0 Å². The van der Waals surface area contributed by atoms with Gasteiger partial charge in [-0.05, 0) is 25.7 Å². The van der Waals surface area contributed by atoms with Gasteiger partial charge >= 0.3 is 12.0 Å². The van der Waals surface area contributed by atoms with Crippen LogP contribution in [0.2, 0.25) is 0 Å². The molecular formula is C13H24N2O4. The van der Waals surface area contributed by atoms with Crippen LogP contribution in [0, 0.1) is 0 Å². The van der Waals surface area contributed by atoms with E-state index >= 15 is 0 Å². The number of carbonyl (C=O) groups excluding carboxylic acids is 1. The second kappa shape index (κ2) is 7.33. The van der Waals surface area contributed by atoms with Crippen LogP contribution in [-0.4, -0.2) is 41.9 Å². The van der Waals surface area contributed by atoms with Gasteiger partial charge in [-0.25, -0.2) is 4.79 Å². The standard InChI is InChI=1S/C13H24N2O4/c1-3-13(4-2)9-10(6-8-19-13)15-12(18)14-7-5-11(16)17/h10H,3-9H2,1-2H3,(H,16,17)(H2,14,15,18).